The van der Waals surface area contributed by atoms with E-state index in [1.165, 1.54) is 6.20 Å². The van der Waals surface area contributed by atoms with Gasteiger partial charge in [-0.3, -0.25) is 0 Å². The van der Waals surface area contributed by atoms with Gasteiger partial charge in [-0.2, -0.15) is 5.26 Å². The first-order chi connectivity index (χ1) is 13.5. The van der Waals surface area contributed by atoms with E-state index < -0.39 is 23.4 Å². The van der Waals surface area contributed by atoms with E-state index in [2.05, 4.69) is 4.74 Å². The lowest BCUT2D eigenvalue weighted by Gasteiger charge is -2.22. The number of methoxy groups -OCH3 is 1. The highest BCUT2D eigenvalue weighted by Crippen LogP contribution is 2.30. The first kappa shape index (κ1) is 19.6. The van der Waals surface area contributed by atoms with E-state index in [1.807, 2.05) is 6.07 Å². The third-order valence-corrected chi connectivity index (χ3v) is 4.61. The monoisotopic (exact) mass is 391 g/mol. The van der Waals surface area contributed by atoms with Crippen molar-refractivity contribution in [1.29, 1.82) is 5.26 Å². The highest BCUT2D eigenvalue weighted by Gasteiger charge is 2.24. The Bertz CT molecular complexity index is 907. The number of anilines is 1. The topological polar surface area (TPSA) is 99.5 Å². The molecule has 1 fully saturated rings. The molecule has 0 spiro atoms. The molecule has 1 aromatic heterocycles. The fraction of sp³-hybridized carbons (Fsp3) is 0.368. The van der Waals surface area contributed by atoms with Crippen LogP contribution in [0.1, 0.15) is 28.9 Å². The number of hydrogen-bond acceptors (Lipinski definition) is 6. The van der Waals surface area contributed by atoms with E-state index in [1.54, 1.807) is 0 Å². The molecule has 2 heterocycles. The summed E-state index contributed by atoms with van der Waals surface area (Å²) in [5.41, 5.74) is 5.44. The van der Waals surface area contributed by atoms with E-state index in [0.29, 0.717) is 13.2 Å². The van der Waals surface area contributed by atoms with Gasteiger partial charge in [0.1, 0.15) is 6.07 Å². The number of hydrogen-bond donors (Lipinski definition) is 1. The van der Waals surface area contributed by atoms with Gasteiger partial charge >= 0.3 is 5.97 Å². The van der Waals surface area contributed by atoms with Crippen LogP contribution in [0.4, 0.5) is 14.5 Å². The average Bonchev–Trinajstić information content (AvgIpc) is 3.03. The molecule has 7 nitrogen and oxygen atoms in total. The third kappa shape index (κ3) is 3.77. The Morgan fingerprint density at radius 3 is 2.57 bits per heavy atom. The zero-order valence-electron chi connectivity index (χ0n) is 15.2. The minimum Gasteiger partial charge on any atom is -0.487 e. The van der Waals surface area contributed by atoms with Gasteiger partial charge in [-0.15, -0.1) is 0 Å². The number of carbonyl (C=O) groups excluding carboxylic acids is 1. The molecule has 148 valence electrons. The van der Waals surface area contributed by atoms with Crippen molar-refractivity contribution in [1.82, 2.24) is 4.57 Å². The van der Waals surface area contributed by atoms with Crippen molar-refractivity contribution in [2.75, 3.05) is 32.7 Å². The predicted octanol–water partition coefficient (Wildman–Crippen LogP) is 2.80. The molecule has 1 aliphatic rings. The normalized spacial score (nSPS) is 14.5. The zero-order chi connectivity index (χ0) is 20.3. The minimum absolute atomic E-state index is 0.0129. The van der Waals surface area contributed by atoms with Crippen molar-refractivity contribution in [2.45, 2.75) is 12.8 Å². The van der Waals surface area contributed by atoms with E-state index >= 15 is 0 Å². The number of rotatable bonds is 5. The number of nitrogens with two attached hydrogens (primary N) is 1. The largest absolute Gasteiger partial charge is 0.487 e. The number of nitrogens with zero attached hydrogens (tertiary/aromatic N) is 2. The first-order valence-electron chi connectivity index (χ1n) is 8.65. The SMILES string of the molecule is COC(=O)c1c(N)c(C#N)cn1-c1cc(F)c(OCC2CCOCC2)c(F)c1. The van der Waals surface area contributed by atoms with Crippen LogP contribution in [0.2, 0.25) is 0 Å². The molecule has 0 aliphatic carbocycles. The Kier molecular flexibility index (Phi) is 5.80. The van der Waals surface area contributed by atoms with Gasteiger partial charge in [0.25, 0.3) is 0 Å². The number of ether oxygens (including phenoxy) is 3. The summed E-state index contributed by atoms with van der Waals surface area (Å²) in [6, 6.07) is 3.84. The van der Waals surface area contributed by atoms with Gasteiger partial charge in [-0.05, 0) is 18.8 Å². The number of aromatic nitrogens is 1. The minimum atomic E-state index is -0.927. The number of esters is 1. The van der Waals surface area contributed by atoms with E-state index in [0.717, 1.165) is 36.7 Å². The van der Waals surface area contributed by atoms with Crippen molar-refractivity contribution in [3.8, 4) is 17.5 Å². The van der Waals surface area contributed by atoms with Crippen LogP contribution >= 0.6 is 0 Å². The smallest absolute Gasteiger partial charge is 0.357 e. The summed E-state index contributed by atoms with van der Waals surface area (Å²) in [5.74, 6) is -3.01. The van der Waals surface area contributed by atoms with Gasteiger partial charge in [-0.1, -0.05) is 0 Å². The first-order valence-corrected chi connectivity index (χ1v) is 8.65. The van der Waals surface area contributed by atoms with Crippen LogP contribution in [0.3, 0.4) is 0 Å². The molecule has 2 aromatic rings. The number of nitrogen functional groups attached to an aromatic ring is 1. The molecule has 1 aromatic carbocycles. The zero-order valence-corrected chi connectivity index (χ0v) is 15.2. The second kappa shape index (κ2) is 8.27. The lowest BCUT2D eigenvalue weighted by atomic mass is 10.0. The maximum atomic E-state index is 14.5. The Morgan fingerprint density at radius 2 is 2.00 bits per heavy atom. The van der Waals surface area contributed by atoms with Crippen molar-refractivity contribution in [3.05, 3.63) is 41.2 Å². The summed E-state index contributed by atoms with van der Waals surface area (Å²) >= 11 is 0. The molecular formula is C19H19F2N3O4. The van der Waals surface area contributed by atoms with Crippen LogP contribution < -0.4 is 10.5 Å². The molecule has 0 unspecified atom stereocenters. The molecule has 1 saturated heterocycles. The fourth-order valence-electron chi connectivity index (χ4n) is 3.06. The maximum absolute atomic E-state index is 14.5. The van der Waals surface area contributed by atoms with Gasteiger partial charge in [0.2, 0.25) is 0 Å². The Balaban J connectivity index is 1.92. The third-order valence-electron chi connectivity index (χ3n) is 4.61. The Labute approximate surface area is 160 Å². The van der Waals surface area contributed by atoms with Crippen molar-refractivity contribution < 1.29 is 27.8 Å². The summed E-state index contributed by atoms with van der Waals surface area (Å²) in [4.78, 5) is 12.0. The van der Waals surface area contributed by atoms with Gasteiger partial charge in [0, 0.05) is 31.5 Å². The quantitative estimate of drug-likeness (QED) is 0.787. The number of benzene rings is 1. The average molecular weight is 391 g/mol. The lowest BCUT2D eigenvalue weighted by Crippen LogP contribution is -2.22. The van der Waals surface area contributed by atoms with Crippen LogP contribution in [-0.4, -0.2) is 37.5 Å². The highest BCUT2D eigenvalue weighted by atomic mass is 19.1. The predicted molar refractivity (Wildman–Crippen MR) is 95.2 cm³/mol. The second-order valence-electron chi connectivity index (χ2n) is 6.38. The van der Waals surface area contributed by atoms with Gasteiger partial charge < -0.3 is 24.5 Å². The molecule has 0 bridgehead atoms. The van der Waals surface area contributed by atoms with Crippen molar-refractivity contribution in [2.24, 2.45) is 5.92 Å². The highest BCUT2D eigenvalue weighted by molar-refractivity contribution is 5.95. The number of nitriles is 1. The lowest BCUT2D eigenvalue weighted by molar-refractivity contribution is 0.0485. The standard InChI is InChI=1S/C19H19F2N3O4/c1-26-19(25)17-16(23)12(8-22)9-24(17)13-6-14(20)18(15(21)7-13)28-10-11-2-4-27-5-3-11/h6-7,9,11H,2-5,10,23H2,1H3. The van der Waals surface area contributed by atoms with Crippen LogP contribution in [0.25, 0.3) is 5.69 Å². The number of carbonyl (C=O) groups is 1. The number of halogens is 2. The molecule has 0 amide bonds. The van der Waals surface area contributed by atoms with Gasteiger partial charge in [0.15, 0.2) is 23.1 Å². The molecule has 3 rings (SSSR count). The maximum Gasteiger partial charge on any atom is 0.357 e. The molecule has 28 heavy (non-hydrogen) atoms. The molecule has 2 N–H and O–H groups in total. The molecule has 0 radical (unpaired) electrons. The summed E-state index contributed by atoms with van der Waals surface area (Å²) in [5, 5.41) is 9.13. The van der Waals surface area contributed by atoms with Gasteiger partial charge in [-0.25, -0.2) is 13.6 Å². The fourth-order valence-corrected chi connectivity index (χ4v) is 3.06. The Hall–Kier alpha value is -3.12. The molecular weight excluding hydrogens is 372 g/mol. The second-order valence-corrected chi connectivity index (χ2v) is 6.38. The molecule has 0 saturated carbocycles. The Morgan fingerprint density at radius 1 is 1.36 bits per heavy atom. The van der Waals surface area contributed by atoms with E-state index in [4.69, 9.17) is 20.5 Å². The molecule has 1 aliphatic heterocycles. The van der Waals surface area contributed by atoms with Crippen LogP contribution in [0.5, 0.6) is 5.75 Å². The summed E-state index contributed by atoms with van der Waals surface area (Å²) in [6.45, 7) is 1.38. The van der Waals surface area contributed by atoms with E-state index in [-0.39, 0.29) is 35.2 Å². The van der Waals surface area contributed by atoms with Crippen LogP contribution in [-0.2, 0) is 9.47 Å². The van der Waals surface area contributed by atoms with Crippen LogP contribution in [0, 0.1) is 28.9 Å². The summed E-state index contributed by atoms with van der Waals surface area (Å²) in [7, 11) is 1.14. The molecule has 0 atom stereocenters. The van der Waals surface area contributed by atoms with Crippen molar-refractivity contribution in [3.63, 3.8) is 0 Å². The summed E-state index contributed by atoms with van der Waals surface area (Å²) < 4.78 is 45.5. The van der Waals surface area contributed by atoms with Crippen LogP contribution in [0.15, 0.2) is 18.3 Å². The van der Waals surface area contributed by atoms with Gasteiger partial charge in [0.05, 0.1) is 30.7 Å². The molecule has 9 heteroatoms. The van der Waals surface area contributed by atoms with Crippen molar-refractivity contribution >= 4 is 11.7 Å². The summed E-state index contributed by atoms with van der Waals surface area (Å²) in [6.07, 6.45) is 2.76. The van der Waals surface area contributed by atoms with E-state index in [9.17, 15) is 13.6 Å².